The number of halogens is 1. The van der Waals surface area contributed by atoms with Crippen molar-refractivity contribution in [1.29, 1.82) is 0 Å². The van der Waals surface area contributed by atoms with Crippen molar-refractivity contribution in [2.45, 2.75) is 32.6 Å². The van der Waals surface area contributed by atoms with Gasteiger partial charge in [-0.25, -0.2) is 4.90 Å². The summed E-state index contributed by atoms with van der Waals surface area (Å²) in [6, 6.07) is 30.3. The summed E-state index contributed by atoms with van der Waals surface area (Å²) < 4.78 is 8.29. The van der Waals surface area contributed by atoms with E-state index in [1.807, 2.05) is 56.3 Å². The molecule has 6 aromatic rings. The number of carbonyl (C=O) groups excluding carboxylic acids is 5. The van der Waals surface area contributed by atoms with Gasteiger partial charge in [0.15, 0.2) is 5.78 Å². The van der Waals surface area contributed by atoms with Crippen LogP contribution in [0.4, 0.5) is 11.5 Å². The van der Waals surface area contributed by atoms with Gasteiger partial charge in [-0.05, 0) is 104 Å². The molecule has 2 saturated heterocycles. The van der Waals surface area contributed by atoms with Crippen molar-refractivity contribution in [3.05, 3.63) is 142 Å². The number of aliphatic hydroxyl groups excluding tert-OH is 1. The Morgan fingerprint density at radius 3 is 2.34 bits per heavy atom. The van der Waals surface area contributed by atoms with Gasteiger partial charge in [0.25, 0.3) is 0 Å². The summed E-state index contributed by atoms with van der Waals surface area (Å²) in [6.07, 6.45) is 2.49. The molecule has 13 heteroatoms. The molecule has 2 aliphatic heterocycles. The van der Waals surface area contributed by atoms with Crippen molar-refractivity contribution in [2.75, 3.05) is 23.0 Å². The van der Waals surface area contributed by atoms with Crippen LogP contribution in [-0.2, 0) is 26.2 Å². The van der Waals surface area contributed by atoms with Gasteiger partial charge >= 0.3 is 0 Å². The summed E-state index contributed by atoms with van der Waals surface area (Å²) in [5, 5.41) is 15.8. The molecule has 0 bridgehead atoms. The number of amides is 4. The number of ether oxygens (including phenoxy) is 1. The molecule has 2 aromatic heterocycles. The number of nitrogens with zero attached hydrogens (tertiary/aromatic N) is 4. The van der Waals surface area contributed by atoms with E-state index in [4.69, 9.17) is 21.4 Å². The third-order valence-corrected chi connectivity index (χ3v) is 15.0. The number of carbonyl (C=O) groups is 5. The van der Waals surface area contributed by atoms with Gasteiger partial charge in [-0.15, -0.1) is 11.3 Å². The van der Waals surface area contributed by atoms with Crippen LogP contribution in [0.2, 0.25) is 5.02 Å². The van der Waals surface area contributed by atoms with Crippen LogP contribution in [0.3, 0.4) is 0 Å². The van der Waals surface area contributed by atoms with Gasteiger partial charge in [-0.3, -0.25) is 33.6 Å². The number of rotatable bonds is 9. The minimum absolute atomic E-state index is 0.112. The quantitative estimate of drug-likeness (QED) is 0.0871. The molecule has 6 unspecified atom stereocenters. The van der Waals surface area contributed by atoms with Gasteiger partial charge < -0.3 is 9.84 Å². The Morgan fingerprint density at radius 1 is 0.887 bits per heavy atom. The SMILES string of the molecule is Cc1c(-c2cc(N3C(=O)C4CC5C(=CCC6C(=O)N(c7ccc(C(=O)c8ccccc8)cc7)C(=O)C65)C(c5ccc(OCCO)cc5)C4(C)C3=O)n(C)n2)sc2ccc(Cl)cc12. The van der Waals surface area contributed by atoms with Crippen LogP contribution in [0.15, 0.2) is 115 Å². The topological polar surface area (TPSA) is 139 Å². The first-order chi connectivity index (χ1) is 29.9. The Kier molecular flexibility index (Phi) is 9.66. The average molecular weight is 865 g/mol. The number of aromatic nitrogens is 2. The zero-order chi connectivity index (χ0) is 43.2. The van der Waals surface area contributed by atoms with Crippen LogP contribution in [0.25, 0.3) is 20.7 Å². The molecule has 62 heavy (non-hydrogen) atoms. The van der Waals surface area contributed by atoms with Crippen LogP contribution < -0.4 is 14.5 Å². The van der Waals surface area contributed by atoms with E-state index >= 15 is 9.59 Å². The number of fused-ring (bicyclic) bond motifs is 5. The number of imide groups is 2. The van der Waals surface area contributed by atoms with E-state index in [1.165, 1.54) is 9.80 Å². The Labute approximate surface area is 366 Å². The van der Waals surface area contributed by atoms with E-state index in [0.717, 1.165) is 31.7 Å². The molecule has 10 rings (SSSR count). The molecule has 4 heterocycles. The number of thiophene rings is 1. The second-order valence-corrected chi connectivity index (χ2v) is 18.3. The van der Waals surface area contributed by atoms with Gasteiger partial charge in [-0.1, -0.05) is 65.7 Å². The normalized spacial score (nSPS) is 24.3. The largest absolute Gasteiger partial charge is 0.491 e. The summed E-state index contributed by atoms with van der Waals surface area (Å²) in [4.78, 5) is 75.9. The molecule has 11 nitrogen and oxygen atoms in total. The van der Waals surface area contributed by atoms with Crippen LogP contribution in [-0.4, -0.2) is 57.5 Å². The fourth-order valence-electron chi connectivity index (χ4n) is 10.5. The molecule has 0 spiro atoms. The Balaban J connectivity index is 1.02. The predicted molar refractivity (Wildman–Crippen MR) is 236 cm³/mol. The maximum atomic E-state index is 15.2. The molecular formula is C49H41ClN4O7S. The molecular weight excluding hydrogens is 824 g/mol. The molecule has 2 aliphatic carbocycles. The zero-order valence-corrected chi connectivity index (χ0v) is 35.7. The summed E-state index contributed by atoms with van der Waals surface area (Å²) in [7, 11) is 1.72. The smallest absolute Gasteiger partial charge is 0.242 e. The standard InChI is InChI=1S/C49H41ClN4O7S/c1-26-35-23-30(50)13-20-39(35)62-44(26)38-25-40(52(3)51-38)54-46(58)37-24-36-33(42(49(37,2)48(54)60)27-11-16-32(17-12-27)61-22-21-55)18-19-34-41(36)47(59)53(45(34)57)31-14-9-29(10-15-31)43(56)28-7-5-4-6-8-28/h4-18,20,23,25,34,36-37,41-42,55H,19,21-22,24H2,1-3H3. The summed E-state index contributed by atoms with van der Waals surface area (Å²) in [6.45, 7) is 3.82. The highest BCUT2D eigenvalue weighted by Crippen LogP contribution is 2.64. The van der Waals surface area contributed by atoms with Gasteiger partial charge in [0.2, 0.25) is 23.6 Å². The second kappa shape index (κ2) is 15.0. The summed E-state index contributed by atoms with van der Waals surface area (Å²) in [5.74, 6) is -4.14. The molecule has 312 valence electrons. The maximum absolute atomic E-state index is 15.2. The Morgan fingerprint density at radius 2 is 1.61 bits per heavy atom. The van der Waals surface area contributed by atoms with E-state index in [2.05, 4.69) is 0 Å². The van der Waals surface area contributed by atoms with E-state index in [0.29, 0.717) is 39.1 Å². The molecule has 6 atom stereocenters. The monoisotopic (exact) mass is 864 g/mol. The van der Waals surface area contributed by atoms with Crippen LogP contribution in [0.1, 0.15) is 52.7 Å². The maximum Gasteiger partial charge on any atom is 0.242 e. The molecule has 4 amide bonds. The minimum Gasteiger partial charge on any atom is -0.491 e. The van der Waals surface area contributed by atoms with Crippen molar-refractivity contribution in [3.8, 4) is 16.3 Å². The van der Waals surface area contributed by atoms with E-state index in [1.54, 1.807) is 89.8 Å². The van der Waals surface area contributed by atoms with Crippen molar-refractivity contribution < 1.29 is 33.8 Å². The van der Waals surface area contributed by atoms with Gasteiger partial charge in [0.05, 0.1) is 40.3 Å². The van der Waals surface area contributed by atoms with Crippen LogP contribution in [0, 0.1) is 36.0 Å². The number of aryl methyl sites for hydroxylation is 2. The molecule has 4 aliphatic rings. The number of hydrogen-bond donors (Lipinski definition) is 1. The van der Waals surface area contributed by atoms with Gasteiger partial charge in [-0.2, -0.15) is 5.10 Å². The first kappa shape index (κ1) is 39.9. The molecule has 1 saturated carbocycles. The minimum atomic E-state index is -1.26. The lowest BCUT2D eigenvalue weighted by Crippen LogP contribution is -2.48. The molecule has 0 radical (unpaired) electrons. The first-order valence-electron chi connectivity index (χ1n) is 20.6. The number of hydrogen-bond acceptors (Lipinski definition) is 9. The number of allylic oxidation sites excluding steroid dienone is 2. The summed E-state index contributed by atoms with van der Waals surface area (Å²) in [5.41, 5.74) is 3.32. The summed E-state index contributed by atoms with van der Waals surface area (Å²) >= 11 is 7.91. The number of aliphatic hydroxyl groups is 1. The van der Waals surface area contributed by atoms with E-state index < -0.39 is 35.0 Å². The van der Waals surface area contributed by atoms with Crippen molar-refractivity contribution >= 4 is 73.9 Å². The van der Waals surface area contributed by atoms with Gasteiger partial charge in [0, 0.05) is 39.9 Å². The number of ketones is 1. The highest BCUT2D eigenvalue weighted by Gasteiger charge is 2.68. The van der Waals surface area contributed by atoms with Crippen molar-refractivity contribution in [2.24, 2.45) is 36.1 Å². The lowest BCUT2D eigenvalue weighted by Gasteiger charge is -2.49. The van der Waals surface area contributed by atoms with Crippen molar-refractivity contribution in [1.82, 2.24) is 9.78 Å². The highest BCUT2D eigenvalue weighted by atomic mass is 35.5. The van der Waals surface area contributed by atoms with E-state index in [-0.39, 0.29) is 55.5 Å². The third-order valence-electron chi connectivity index (χ3n) is 13.5. The lowest BCUT2D eigenvalue weighted by atomic mass is 9.51. The van der Waals surface area contributed by atoms with E-state index in [9.17, 15) is 19.5 Å². The third kappa shape index (κ3) is 6.02. The van der Waals surface area contributed by atoms with Crippen LogP contribution >= 0.6 is 22.9 Å². The first-order valence-corrected chi connectivity index (χ1v) is 21.8. The Bertz CT molecular complexity index is 2890. The lowest BCUT2D eigenvalue weighted by molar-refractivity contribution is -0.131. The number of benzene rings is 4. The fraction of sp³-hybridized carbons (Fsp3) is 0.265. The Hall–Kier alpha value is -6.21. The highest BCUT2D eigenvalue weighted by molar-refractivity contribution is 7.22. The van der Waals surface area contributed by atoms with Gasteiger partial charge in [0.1, 0.15) is 23.9 Å². The number of anilines is 2. The van der Waals surface area contributed by atoms with Crippen molar-refractivity contribution in [3.63, 3.8) is 0 Å². The zero-order valence-electron chi connectivity index (χ0n) is 34.1. The fourth-order valence-corrected chi connectivity index (χ4v) is 11.8. The second-order valence-electron chi connectivity index (χ2n) is 16.8. The molecule has 4 aromatic carbocycles. The predicted octanol–water partition coefficient (Wildman–Crippen LogP) is 8.30. The molecule has 3 fully saturated rings. The molecule has 1 N–H and O–H groups in total. The van der Waals surface area contributed by atoms with Crippen LogP contribution in [0.5, 0.6) is 5.75 Å². The average Bonchev–Trinajstić information content (AvgIpc) is 3.96.